The van der Waals surface area contributed by atoms with Crippen LogP contribution in [0, 0.1) is 17.2 Å². The summed E-state index contributed by atoms with van der Waals surface area (Å²) in [5.74, 6) is -0.345. The van der Waals surface area contributed by atoms with Crippen molar-refractivity contribution in [1.82, 2.24) is 0 Å². The fourth-order valence-corrected chi connectivity index (χ4v) is 3.29. The Morgan fingerprint density at radius 1 is 1.29 bits per heavy atom. The molecule has 21 heavy (non-hydrogen) atoms. The van der Waals surface area contributed by atoms with Crippen molar-refractivity contribution >= 4 is 22.4 Å². The summed E-state index contributed by atoms with van der Waals surface area (Å²) >= 11 is 0. The molecule has 1 fully saturated rings. The van der Waals surface area contributed by atoms with Crippen LogP contribution in [-0.2, 0) is 4.79 Å². The summed E-state index contributed by atoms with van der Waals surface area (Å²) in [6.45, 7) is 2.85. The van der Waals surface area contributed by atoms with Crippen LogP contribution in [-0.4, -0.2) is 18.5 Å². The normalized spacial score (nSPS) is 21.4. The van der Waals surface area contributed by atoms with Gasteiger partial charge in [-0.3, -0.25) is 4.79 Å². The predicted molar refractivity (Wildman–Crippen MR) is 82.8 cm³/mol. The molecular formula is C17H17N3O. The predicted octanol–water partition coefficient (Wildman–Crippen LogP) is 2.41. The van der Waals surface area contributed by atoms with Gasteiger partial charge in [0.15, 0.2) is 0 Å². The molecule has 0 aliphatic carbocycles. The number of nitriles is 1. The summed E-state index contributed by atoms with van der Waals surface area (Å²) in [7, 11) is 0. The molecule has 1 heterocycles. The lowest BCUT2D eigenvalue weighted by atomic mass is 10.00. The van der Waals surface area contributed by atoms with Crippen molar-refractivity contribution < 1.29 is 4.79 Å². The van der Waals surface area contributed by atoms with Gasteiger partial charge in [-0.25, -0.2) is 0 Å². The largest absolute Gasteiger partial charge is 0.369 e. The number of primary amides is 1. The van der Waals surface area contributed by atoms with E-state index in [4.69, 9.17) is 5.73 Å². The fraction of sp³-hybridized carbons (Fsp3) is 0.294. The van der Waals surface area contributed by atoms with E-state index in [0.29, 0.717) is 5.56 Å². The van der Waals surface area contributed by atoms with E-state index in [9.17, 15) is 10.1 Å². The van der Waals surface area contributed by atoms with Crippen molar-refractivity contribution in [2.45, 2.75) is 19.4 Å². The maximum atomic E-state index is 11.5. The van der Waals surface area contributed by atoms with E-state index in [2.05, 4.69) is 11.0 Å². The van der Waals surface area contributed by atoms with Gasteiger partial charge in [0.05, 0.1) is 17.6 Å². The molecule has 1 saturated heterocycles. The highest BCUT2D eigenvalue weighted by Gasteiger charge is 2.35. The van der Waals surface area contributed by atoms with Gasteiger partial charge in [0.25, 0.3) is 0 Å². The molecule has 2 aromatic rings. The molecule has 4 nitrogen and oxygen atoms in total. The molecule has 1 amide bonds. The smallest absolute Gasteiger partial charge is 0.222 e. The Kier molecular flexibility index (Phi) is 3.26. The quantitative estimate of drug-likeness (QED) is 0.917. The Morgan fingerprint density at radius 3 is 2.62 bits per heavy atom. The number of anilines is 1. The van der Waals surface area contributed by atoms with Gasteiger partial charge in [-0.15, -0.1) is 0 Å². The van der Waals surface area contributed by atoms with E-state index >= 15 is 0 Å². The van der Waals surface area contributed by atoms with Crippen molar-refractivity contribution in [3.05, 3.63) is 42.0 Å². The molecule has 4 heteroatoms. The third-order valence-corrected chi connectivity index (χ3v) is 4.45. The number of benzene rings is 2. The average Bonchev–Trinajstić information content (AvgIpc) is 2.88. The Labute approximate surface area is 123 Å². The van der Waals surface area contributed by atoms with Crippen LogP contribution in [0.2, 0.25) is 0 Å². The average molecular weight is 279 g/mol. The van der Waals surface area contributed by atoms with Crippen LogP contribution in [0.1, 0.15) is 18.9 Å². The minimum atomic E-state index is -0.233. The molecule has 106 valence electrons. The molecule has 0 saturated carbocycles. The van der Waals surface area contributed by atoms with Crippen LogP contribution in [0.25, 0.3) is 10.8 Å². The van der Waals surface area contributed by atoms with E-state index in [1.807, 2.05) is 43.3 Å². The zero-order chi connectivity index (χ0) is 15.0. The monoisotopic (exact) mass is 279 g/mol. The lowest BCUT2D eigenvalue weighted by molar-refractivity contribution is -0.121. The maximum Gasteiger partial charge on any atom is 0.222 e. The zero-order valence-corrected chi connectivity index (χ0v) is 11.9. The standard InChI is InChI=1S/C17H17N3O/c1-11-13(17(19)21)8-9-20(11)16-7-6-12(10-18)14-4-2-3-5-15(14)16/h2-7,11,13H,8-9H2,1H3,(H2,19,21). The van der Waals surface area contributed by atoms with Crippen LogP contribution in [0.3, 0.4) is 0 Å². The van der Waals surface area contributed by atoms with Gasteiger partial charge >= 0.3 is 0 Å². The van der Waals surface area contributed by atoms with Gasteiger partial charge in [-0.1, -0.05) is 24.3 Å². The van der Waals surface area contributed by atoms with Crippen LogP contribution < -0.4 is 10.6 Å². The number of amides is 1. The van der Waals surface area contributed by atoms with Crippen molar-refractivity contribution in [3.63, 3.8) is 0 Å². The zero-order valence-electron chi connectivity index (χ0n) is 11.9. The summed E-state index contributed by atoms with van der Waals surface area (Å²) in [5, 5.41) is 11.2. The van der Waals surface area contributed by atoms with Crippen molar-refractivity contribution in [3.8, 4) is 6.07 Å². The maximum absolute atomic E-state index is 11.5. The summed E-state index contributed by atoms with van der Waals surface area (Å²) in [6.07, 6.45) is 0.783. The van der Waals surface area contributed by atoms with Gasteiger partial charge in [0.2, 0.25) is 5.91 Å². The molecule has 2 aromatic carbocycles. The number of rotatable bonds is 2. The van der Waals surface area contributed by atoms with Gasteiger partial charge in [0, 0.05) is 29.0 Å². The number of carbonyl (C=O) groups excluding carboxylic acids is 1. The summed E-state index contributed by atoms with van der Waals surface area (Å²) in [6, 6.07) is 14.0. The molecule has 3 rings (SSSR count). The van der Waals surface area contributed by atoms with E-state index in [1.54, 1.807) is 0 Å². The molecule has 2 atom stereocenters. The first kappa shape index (κ1) is 13.4. The topological polar surface area (TPSA) is 70.1 Å². The summed E-state index contributed by atoms with van der Waals surface area (Å²) in [4.78, 5) is 13.7. The third kappa shape index (κ3) is 2.11. The van der Waals surface area contributed by atoms with Gasteiger partial charge in [0.1, 0.15) is 0 Å². The van der Waals surface area contributed by atoms with Crippen LogP contribution in [0.4, 0.5) is 5.69 Å². The van der Waals surface area contributed by atoms with E-state index in [0.717, 1.165) is 29.4 Å². The SMILES string of the molecule is CC1C(C(N)=O)CCN1c1ccc(C#N)c2ccccc12. The molecular weight excluding hydrogens is 262 g/mol. The third-order valence-electron chi connectivity index (χ3n) is 4.45. The summed E-state index contributed by atoms with van der Waals surface area (Å²) in [5.41, 5.74) is 7.22. The van der Waals surface area contributed by atoms with Crippen LogP contribution in [0.5, 0.6) is 0 Å². The number of nitrogens with two attached hydrogens (primary N) is 1. The second-order valence-electron chi connectivity index (χ2n) is 5.52. The Hall–Kier alpha value is -2.54. The van der Waals surface area contributed by atoms with Crippen LogP contribution in [0.15, 0.2) is 36.4 Å². The van der Waals surface area contributed by atoms with E-state index in [1.165, 1.54) is 0 Å². The first-order valence-electron chi connectivity index (χ1n) is 7.11. The van der Waals surface area contributed by atoms with Crippen molar-refractivity contribution in [2.75, 3.05) is 11.4 Å². The first-order chi connectivity index (χ1) is 10.1. The molecule has 0 spiro atoms. The Balaban J connectivity index is 2.11. The van der Waals surface area contributed by atoms with Gasteiger partial charge in [-0.2, -0.15) is 5.26 Å². The first-order valence-corrected chi connectivity index (χ1v) is 7.11. The summed E-state index contributed by atoms with van der Waals surface area (Å²) < 4.78 is 0. The van der Waals surface area contributed by atoms with Gasteiger partial charge in [-0.05, 0) is 25.5 Å². The number of hydrogen-bond donors (Lipinski definition) is 1. The molecule has 2 N–H and O–H groups in total. The Morgan fingerprint density at radius 2 is 2.00 bits per heavy atom. The van der Waals surface area contributed by atoms with E-state index < -0.39 is 0 Å². The molecule has 1 aliphatic rings. The number of hydrogen-bond acceptors (Lipinski definition) is 3. The lowest BCUT2D eigenvalue weighted by Crippen LogP contribution is -2.35. The number of fused-ring (bicyclic) bond motifs is 1. The molecule has 1 aliphatic heterocycles. The van der Waals surface area contributed by atoms with Crippen molar-refractivity contribution in [1.29, 1.82) is 5.26 Å². The highest BCUT2D eigenvalue weighted by atomic mass is 16.1. The minimum absolute atomic E-state index is 0.0823. The second kappa shape index (κ2) is 5.10. The van der Waals surface area contributed by atoms with Crippen molar-refractivity contribution in [2.24, 2.45) is 11.7 Å². The lowest BCUT2D eigenvalue weighted by Gasteiger charge is -2.27. The fourth-order valence-electron chi connectivity index (χ4n) is 3.29. The van der Waals surface area contributed by atoms with Crippen LogP contribution >= 0.6 is 0 Å². The molecule has 0 aromatic heterocycles. The second-order valence-corrected chi connectivity index (χ2v) is 5.52. The highest BCUT2D eigenvalue weighted by Crippen LogP contribution is 2.35. The number of carbonyl (C=O) groups is 1. The van der Waals surface area contributed by atoms with E-state index in [-0.39, 0.29) is 17.9 Å². The molecule has 0 bridgehead atoms. The molecule has 2 unspecified atom stereocenters. The Bertz CT molecular complexity index is 747. The van der Waals surface area contributed by atoms with Gasteiger partial charge < -0.3 is 10.6 Å². The molecule has 0 radical (unpaired) electrons. The number of nitrogens with zero attached hydrogens (tertiary/aromatic N) is 2. The highest BCUT2D eigenvalue weighted by molar-refractivity contribution is 5.98. The minimum Gasteiger partial charge on any atom is -0.369 e.